The van der Waals surface area contributed by atoms with Crippen molar-refractivity contribution >= 4 is 17.7 Å². The van der Waals surface area contributed by atoms with Gasteiger partial charge in [-0.3, -0.25) is 4.79 Å². The molecule has 3 rings (SSSR count). The molecule has 1 aliphatic rings. The number of fused-ring (bicyclic) bond motifs is 1. The maximum absolute atomic E-state index is 12.2. The lowest BCUT2D eigenvalue weighted by Gasteiger charge is -2.12. The van der Waals surface area contributed by atoms with Crippen LogP contribution in [-0.2, 0) is 17.6 Å². The second-order valence-electron chi connectivity index (χ2n) is 6.08. The first-order valence-electron chi connectivity index (χ1n) is 8.55. The fourth-order valence-electron chi connectivity index (χ4n) is 3.09. The number of hydrogen-bond donors (Lipinski definition) is 1. The summed E-state index contributed by atoms with van der Waals surface area (Å²) in [5.74, 6) is 0.985. The fraction of sp³-hybridized carbons (Fsp3) is 0.286. The Bertz CT molecular complexity index is 796. The molecule has 0 saturated heterocycles. The highest BCUT2D eigenvalue weighted by Gasteiger charge is 2.12. The molecule has 0 aromatic heterocycles. The van der Waals surface area contributed by atoms with Crippen LogP contribution in [0.25, 0.3) is 6.08 Å². The number of carbonyl (C=O) groups is 1. The van der Waals surface area contributed by atoms with Crippen molar-refractivity contribution in [2.45, 2.75) is 26.2 Å². The van der Waals surface area contributed by atoms with Crippen LogP contribution in [0.3, 0.4) is 0 Å². The Labute approximate surface area is 148 Å². The van der Waals surface area contributed by atoms with Crippen molar-refractivity contribution < 1.29 is 14.3 Å². The lowest BCUT2D eigenvalue weighted by molar-refractivity contribution is -0.118. The van der Waals surface area contributed by atoms with Gasteiger partial charge in [0.15, 0.2) is 18.1 Å². The topological polar surface area (TPSA) is 47.6 Å². The summed E-state index contributed by atoms with van der Waals surface area (Å²) in [7, 11) is 1.59. The molecule has 0 fully saturated rings. The average Bonchev–Trinajstić information content (AvgIpc) is 3.08. The lowest BCUT2D eigenvalue weighted by Crippen LogP contribution is -2.20. The summed E-state index contributed by atoms with van der Waals surface area (Å²) in [6.07, 6.45) is 7.35. The maximum atomic E-state index is 12.2. The number of aryl methyl sites for hydroxylation is 2. The molecule has 1 N–H and O–H groups in total. The molecule has 0 spiro atoms. The largest absolute Gasteiger partial charge is 0.493 e. The minimum absolute atomic E-state index is 0.0591. The summed E-state index contributed by atoms with van der Waals surface area (Å²) in [4.78, 5) is 12.2. The average molecular weight is 337 g/mol. The van der Waals surface area contributed by atoms with Crippen LogP contribution in [0.4, 0.5) is 5.69 Å². The van der Waals surface area contributed by atoms with Crippen LogP contribution in [0.1, 0.15) is 30.0 Å². The van der Waals surface area contributed by atoms with Crippen LogP contribution in [-0.4, -0.2) is 19.6 Å². The number of methoxy groups -OCH3 is 1. The molecule has 0 heterocycles. The van der Waals surface area contributed by atoms with E-state index in [-0.39, 0.29) is 12.5 Å². The highest BCUT2D eigenvalue weighted by Crippen LogP contribution is 2.29. The maximum Gasteiger partial charge on any atom is 0.262 e. The Kier molecular flexibility index (Phi) is 5.39. The first-order chi connectivity index (χ1) is 12.2. The number of ether oxygens (including phenoxy) is 2. The van der Waals surface area contributed by atoms with Gasteiger partial charge in [-0.05, 0) is 67.1 Å². The van der Waals surface area contributed by atoms with Crippen LogP contribution in [0, 0.1) is 0 Å². The molecular formula is C21H23NO3. The molecule has 0 aliphatic heterocycles. The van der Waals surface area contributed by atoms with Crippen LogP contribution < -0.4 is 14.8 Å². The number of allylic oxidation sites excluding steroid dienone is 1. The van der Waals surface area contributed by atoms with Gasteiger partial charge in [0.2, 0.25) is 0 Å². The van der Waals surface area contributed by atoms with Gasteiger partial charge in [0, 0.05) is 5.69 Å². The van der Waals surface area contributed by atoms with Gasteiger partial charge in [0.1, 0.15) is 0 Å². The molecule has 4 heteroatoms. The third-order valence-corrected chi connectivity index (χ3v) is 4.29. The minimum atomic E-state index is -0.183. The van der Waals surface area contributed by atoms with Crippen LogP contribution in [0.2, 0.25) is 0 Å². The Morgan fingerprint density at radius 1 is 1.12 bits per heavy atom. The second-order valence-corrected chi connectivity index (χ2v) is 6.08. The van der Waals surface area contributed by atoms with Gasteiger partial charge in [-0.25, -0.2) is 0 Å². The quantitative estimate of drug-likeness (QED) is 0.858. The molecule has 0 radical (unpaired) electrons. The summed E-state index contributed by atoms with van der Waals surface area (Å²) < 4.78 is 11.0. The number of carbonyl (C=O) groups excluding carboxylic acids is 1. The Balaban J connectivity index is 1.60. The first-order valence-corrected chi connectivity index (χ1v) is 8.55. The van der Waals surface area contributed by atoms with Crippen LogP contribution >= 0.6 is 0 Å². The zero-order chi connectivity index (χ0) is 17.6. The highest BCUT2D eigenvalue weighted by molar-refractivity contribution is 5.92. The number of anilines is 1. The third kappa shape index (κ3) is 4.21. The molecular weight excluding hydrogens is 314 g/mol. The standard InChI is InChI=1S/C21H23NO3/c1-3-5-15-8-11-19(20(12-15)24-2)25-14-21(23)22-18-10-9-16-6-4-7-17(16)13-18/h3,5,8-13H,4,6-7,14H2,1-2H3,(H,22,23). The number of hydrogen-bond acceptors (Lipinski definition) is 3. The molecule has 2 aromatic rings. The van der Waals surface area contributed by atoms with Crippen molar-refractivity contribution in [1.29, 1.82) is 0 Å². The molecule has 1 aliphatic carbocycles. The summed E-state index contributed by atoms with van der Waals surface area (Å²) in [5.41, 5.74) is 4.57. The van der Waals surface area contributed by atoms with Crippen LogP contribution in [0.15, 0.2) is 42.5 Å². The number of benzene rings is 2. The molecule has 25 heavy (non-hydrogen) atoms. The van der Waals surface area contributed by atoms with Gasteiger partial charge in [-0.1, -0.05) is 24.3 Å². The van der Waals surface area contributed by atoms with Gasteiger partial charge >= 0.3 is 0 Å². The van der Waals surface area contributed by atoms with E-state index in [2.05, 4.69) is 17.4 Å². The second kappa shape index (κ2) is 7.88. The molecule has 0 unspecified atom stereocenters. The lowest BCUT2D eigenvalue weighted by atomic mass is 10.1. The molecule has 1 amide bonds. The molecule has 0 atom stereocenters. The SMILES string of the molecule is CC=Cc1ccc(OCC(=O)Nc2ccc3c(c2)CCC3)c(OC)c1. The summed E-state index contributed by atoms with van der Waals surface area (Å²) in [6, 6.07) is 11.7. The molecule has 130 valence electrons. The van der Waals surface area contributed by atoms with Crippen molar-refractivity contribution in [1.82, 2.24) is 0 Å². The summed E-state index contributed by atoms with van der Waals surface area (Å²) >= 11 is 0. The van der Waals surface area contributed by atoms with Crippen molar-refractivity contribution in [3.05, 3.63) is 59.2 Å². The van der Waals surface area contributed by atoms with E-state index in [9.17, 15) is 4.79 Å². The van der Waals surface area contributed by atoms with E-state index >= 15 is 0 Å². The predicted molar refractivity (Wildman–Crippen MR) is 100 cm³/mol. The summed E-state index contributed by atoms with van der Waals surface area (Å²) in [5, 5.41) is 2.90. The van der Waals surface area contributed by atoms with Crippen molar-refractivity contribution in [2.24, 2.45) is 0 Å². The van der Waals surface area contributed by atoms with Crippen molar-refractivity contribution in [3.63, 3.8) is 0 Å². The number of rotatable bonds is 6. The Hall–Kier alpha value is -2.75. The van der Waals surface area contributed by atoms with E-state index in [0.717, 1.165) is 24.1 Å². The van der Waals surface area contributed by atoms with Crippen molar-refractivity contribution in [2.75, 3.05) is 19.0 Å². The van der Waals surface area contributed by atoms with Gasteiger partial charge < -0.3 is 14.8 Å². The highest BCUT2D eigenvalue weighted by atomic mass is 16.5. The monoisotopic (exact) mass is 337 g/mol. The van der Waals surface area contributed by atoms with E-state index in [1.807, 2.05) is 43.3 Å². The van der Waals surface area contributed by atoms with Gasteiger partial charge in [0.05, 0.1) is 7.11 Å². The molecule has 0 saturated carbocycles. The van der Waals surface area contributed by atoms with E-state index in [4.69, 9.17) is 9.47 Å². The van der Waals surface area contributed by atoms with E-state index in [1.54, 1.807) is 7.11 Å². The van der Waals surface area contributed by atoms with Gasteiger partial charge in [-0.15, -0.1) is 0 Å². The molecule has 0 bridgehead atoms. The molecule has 2 aromatic carbocycles. The van der Waals surface area contributed by atoms with Gasteiger partial charge in [-0.2, -0.15) is 0 Å². The predicted octanol–water partition coefficient (Wildman–Crippen LogP) is 4.23. The Morgan fingerprint density at radius 3 is 2.76 bits per heavy atom. The normalized spacial score (nSPS) is 12.9. The minimum Gasteiger partial charge on any atom is -0.493 e. The first kappa shape index (κ1) is 17.1. The summed E-state index contributed by atoms with van der Waals surface area (Å²) in [6.45, 7) is 1.90. The van der Waals surface area contributed by atoms with E-state index in [1.165, 1.54) is 17.5 Å². The number of amides is 1. The van der Waals surface area contributed by atoms with Crippen molar-refractivity contribution in [3.8, 4) is 11.5 Å². The van der Waals surface area contributed by atoms with E-state index in [0.29, 0.717) is 11.5 Å². The fourth-order valence-corrected chi connectivity index (χ4v) is 3.09. The zero-order valence-corrected chi connectivity index (χ0v) is 14.7. The van der Waals surface area contributed by atoms with Crippen LogP contribution in [0.5, 0.6) is 11.5 Å². The van der Waals surface area contributed by atoms with Gasteiger partial charge in [0.25, 0.3) is 5.91 Å². The smallest absolute Gasteiger partial charge is 0.262 e. The van der Waals surface area contributed by atoms with E-state index < -0.39 is 0 Å². The molecule has 4 nitrogen and oxygen atoms in total. The third-order valence-electron chi connectivity index (χ3n) is 4.29. The Morgan fingerprint density at radius 2 is 1.96 bits per heavy atom. The zero-order valence-electron chi connectivity index (χ0n) is 14.7. The number of nitrogens with one attached hydrogen (secondary N) is 1.